The highest BCUT2D eigenvalue weighted by Crippen LogP contribution is 2.64. The zero-order valence-corrected chi connectivity index (χ0v) is 22.8. The first-order valence-electron chi connectivity index (χ1n) is 13.7. The normalized spacial score (nSPS) is 36.9. The molecule has 8 atom stereocenters. The van der Waals surface area contributed by atoms with Crippen molar-refractivity contribution in [3.8, 4) is 0 Å². The molecule has 1 aliphatic heterocycles. The summed E-state index contributed by atoms with van der Waals surface area (Å²) in [5.74, 6) is -3.00. The van der Waals surface area contributed by atoms with E-state index in [0.29, 0.717) is 18.4 Å². The van der Waals surface area contributed by atoms with Crippen molar-refractivity contribution in [1.29, 1.82) is 0 Å². The predicted octanol–water partition coefficient (Wildman–Crippen LogP) is 3.88. The van der Waals surface area contributed by atoms with Gasteiger partial charge in [-0.25, -0.2) is 0 Å². The van der Waals surface area contributed by atoms with Crippen LogP contribution in [0.3, 0.4) is 0 Å². The van der Waals surface area contributed by atoms with E-state index >= 15 is 0 Å². The molecule has 39 heavy (non-hydrogen) atoms. The summed E-state index contributed by atoms with van der Waals surface area (Å²) in [6.45, 7) is 7.45. The zero-order chi connectivity index (χ0) is 28.1. The van der Waals surface area contributed by atoms with Crippen LogP contribution in [0.15, 0.2) is 66.4 Å². The lowest BCUT2D eigenvalue weighted by Crippen LogP contribution is -2.47. The zero-order valence-electron chi connectivity index (χ0n) is 22.8. The molecule has 2 heterocycles. The van der Waals surface area contributed by atoms with Crippen LogP contribution in [0.4, 0.5) is 0 Å². The molecule has 7 nitrogen and oxygen atoms in total. The molecule has 2 aliphatic carbocycles. The lowest BCUT2D eigenvalue weighted by molar-refractivity contribution is -0.141. The second kappa shape index (κ2) is 9.87. The predicted molar refractivity (Wildman–Crippen MR) is 149 cm³/mol. The maximum absolute atomic E-state index is 14.2. The van der Waals surface area contributed by atoms with Crippen molar-refractivity contribution in [2.24, 2.45) is 34.5 Å². The number of aliphatic hydroxyl groups excluding tert-OH is 1. The van der Waals surface area contributed by atoms with Gasteiger partial charge in [0.1, 0.15) is 17.8 Å². The summed E-state index contributed by atoms with van der Waals surface area (Å²) in [6, 6.07) is 7.54. The van der Waals surface area contributed by atoms with E-state index in [4.69, 9.17) is 0 Å². The minimum absolute atomic E-state index is 0.00391. The van der Waals surface area contributed by atoms with Gasteiger partial charge in [0, 0.05) is 40.4 Å². The summed E-state index contributed by atoms with van der Waals surface area (Å²) in [4.78, 5) is 57.1. The Labute approximate surface area is 228 Å². The molecular weight excluding hydrogens is 492 g/mol. The van der Waals surface area contributed by atoms with Gasteiger partial charge in [-0.15, -0.1) is 0 Å². The largest absolute Gasteiger partial charge is 0.381 e. The van der Waals surface area contributed by atoms with Crippen molar-refractivity contribution in [3.63, 3.8) is 0 Å². The summed E-state index contributed by atoms with van der Waals surface area (Å²) in [5.41, 5.74) is -0.00473. The number of carbonyl (C=O) groups excluding carboxylic acids is 4. The number of hydrogen-bond acceptors (Lipinski definition) is 5. The maximum atomic E-state index is 14.2. The first-order chi connectivity index (χ1) is 18.5. The fourth-order valence-electron chi connectivity index (χ4n) is 7.43. The van der Waals surface area contributed by atoms with E-state index in [9.17, 15) is 24.3 Å². The number of ketones is 2. The summed E-state index contributed by atoms with van der Waals surface area (Å²) in [6.07, 6.45) is 10.4. The van der Waals surface area contributed by atoms with Crippen LogP contribution in [0.5, 0.6) is 0 Å². The van der Waals surface area contributed by atoms with Crippen molar-refractivity contribution < 1.29 is 24.3 Å². The van der Waals surface area contributed by atoms with Crippen molar-refractivity contribution in [2.45, 2.75) is 52.7 Å². The number of carbonyl (C=O) groups is 4. The lowest BCUT2D eigenvalue weighted by Gasteiger charge is -2.34. The first-order valence-corrected chi connectivity index (χ1v) is 13.7. The summed E-state index contributed by atoms with van der Waals surface area (Å²) < 4.78 is 0. The van der Waals surface area contributed by atoms with Gasteiger partial charge in [-0.3, -0.25) is 14.4 Å². The Balaban J connectivity index is 1.64. The third-order valence-electron chi connectivity index (χ3n) is 9.59. The van der Waals surface area contributed by atoms with Gasteiger partial charge in [0.15, 0.2) is 11.6 Å². The summed E-state index contributed by atoms with van der Waals surface area (Å²) >= 11 is 0. The number of fused-ring (bicyclic) bond motifs is 1. The van der Waals surface area contributed by atoms with Gasteiger partial charge in [0.05, 0.1) is 0 Å². The third-order valence-corrected chi connectivity index (χ3v) is 9.59. The molecule has 1 amide bonds. The monoisotopic (exact) mass is 528 g/mol. The number of aldehydes is 1. The van der Waals surface area contributed by atoms with Gasteiger partial charge in [0.25, 0.3) is 0 Å². The Hall–Kier alpha value is -3.58. The van der Waals surface area contributed by atoms with Gasteiger partial charge in [-0.05, 0) is 61.0 Å². The highest BCUT2D eigenvalue weighted by Gasteiger charge is 2.74. The van der Waals surface area contributed by atoms with Gasteiger partial charge in [-0.1, -0.05) is 57.2 Å². The van der Waals surface area contributed by atoms with Gasteiger partial charge >= 0.3 is 0 Å². The molecule has 204 valence electrons. The highest BCUT2D eigenvalue weighted by molar-refractivity contribution is 6.16. The van der Waals surface area contributed by atoms with Crippen molar-refractivity contribution in [3.05, 3.63) is 72.0 Å². The topological polar surface area (TPSA) is 116 Å². The average Bonchev–Trinajstić information content (AvgIpc) is 3.51. The minimum atomic E-state index is -1.55. The van der Waals surface area contributed by atoms with Gasteiger partial charge < -0.3 is 20.2 Å². The number of para-hydroxylation sites is 1. The third kappa shape index (κ3) is 4.06. The molecular formula is C32H36N2O5. The Kier molecular flexibility index (Phi) is 6.83. The summed E-state index contributed by atoms with van der Waals surface area (Å²) in [7, 11) is 0. The molecule has 1 spiro atoms. The van der Waals surface area contributed by atoms with Crippen molar-refractivity contribution >= 4 is 34.7 Å². The van der Waals surface area contributed by atoms with Crippen LogP contribution in [0.25, 0.3) is 10.9 Å². The SMILES string of the molecule is CC1=C[C@@H](C)CC=C[C@H]2[C@@](C)(C=O)[C@@H](C)[C@H]3[C@H](Cc4c[nH]c5ccccc45)NC(=O)[C@]32C(=O)C=CC(=O)[C@@H]1O. The number of allylic oxidation sites excluding steroid dienone is 4. The number of rotatable bonds is 3. The lowest BCUT2D eigenvalue weighted by atomic mass is 9.65. The van der Waals surface area contributed by atoms with E-state index < -0.39 is 46.2 Å². The smallest absolute Gasteiger partial charge is 0.235 e. The number of nitrogens with one attached hydrogen (secondary N) is 2. The number of amides is 1. The van der Waals surface area contributed by atoms with E-state index in [-0.39, 0.29) is 17.9 Å². The first kappa shape index (κ1) is 27.0. The number of H-pyrrole nitrogens is 1. The van der Waals surface area contributed by atoms with Gasteiger partial charge in [-0.2, -0.15) is 0 Å². The van der Waals surface area contributed by atoms with Crippen molar-refractivity contribution in [1.82, 2.24) is 10.3 Å². The molecule has 3 N–H and O–H groups in total. The van der Waals surface area contributed by atoms with E-state index in [0.717, 1.165) is 34.9 Å². The van der Waals surface area contributed by atoms with E-state index in [1.54, 1.807) is 6.92 Å². The maximum Gasteiger partial charge on any atom is 0.235 e. The molecule has 0 bridgehead atoms. The number of benzene rings is 1. The average molecular weight is 529 g/mol. The number of aromatic amines is 1. The van der Waals surface area contributed by atoms with Crippen LogP contribution in [0.1, 0.15) is 39.7 Å². The Morgan fingerprint density at radius 1 is 1.13 bits per heavy atom. The van der Waals surface area contributed by atoms with Crippen LogP contribution in [-0.2, 0) is 25.6 Å². The number of hydrogen-bond donors (Lipinski definition) is 3. The number of aromatic nitrogens is 1. The Morgan fingerprint density at radius 3 is 2.62 bits per heavy atom. The van der Waals surface area contributed by atoms with Crippen LogP contribution in [-0.4, -0.2) is 46.0 Å². The van der Waals surface area contributed by atoms with Crippen molar-refractivity contribution in [2.75, 3.05) is 0 Å². The van der Waals surface area contributed by atoms with Gasteiger partial charge in [0.2, 0.25) is 5.91 Å². The molecule has 1 saturated carbocycles. The van der Waals surface area contributed by atoms with E-state index in [2.05, 4.69) is 10.3 Å². The molecule has 5 rings (SSSR count). The molecule has 0 radical (unpaired) electrons. The standard InChI is InChI=1S/C32H36N2O5/c1-18-8-7-11-26-31(4,17-35)20(3)28-24(15-21-16-33-23-10-6-5-9-22(21)23)34-30(39)32(26,28)27(37)13-12-25(36)29(38)19(2)14-18/h5-7,9-14,16-18,20,24,26,28-29,33,38H,8,15H2,1-4H3,(H,34,39)/t18-,20-,24-,26-,28-,29+,31-,32+/m0/s1. The second-order valence-corrected chi connectivity index (χ2v) is 11.8. The van der Waals surface area contributed by atoms with Crippen LogP contribution in [0, 0.1) is 34.5 Å². The van der Waals surface area contributed by atoms with Crippen LogP contribution >= 0.6 is 0 Å². The second-order valence-electron chi connectivity index (χ2n) is 11.8. The van der Waals surface area contributed by atoms with E-state index in [1.807, 2.05) is 69.5 Å². The highest BCUT2D eigenvalue weighted by atomic mass is 16.3. The fraction of sp³-hybridized carbons (Fsp3) is 0.438. The van der Waals surface area contributed by atoms with Crippen LogP contribution < -0.4 is 5.32 Å². The molecule has 1 aromatic carbocycles. The van der Waals surface area contributed by atoms with Crippen LogP contribution in [0.2, 0.25) is 0 Å². The molecule has 3 aliphatic rings. The Bertz CT molecular complexity index is 1430. The Morgan fingerprint density at radius 2 is 1.87 bits per heavy atom. The summed E-state index contributed by atoms with van der Waals surface area (Å²) in [5, 5.41) is 14.7. The molecule has 2 fully saturated rings. The molecule has 0 unspecified atom stereocenters. The number of aliphatic hydroxyl groups is 1. The molecule has 1 aromatic heterocycles. The fourth-order valence-corrected chi connectivity index (χ4v) is 7.43. The molecule has 1 saturated heterocycles. The van der Waals surface area contributed by atoms with E-state index in [1.165, 1.54) is 0 Å². The molecule has 7 heteroatoms. The molecule has 2 aromatic rings. The minimum Gasteiger partial charge on any atom is -0.381 e. The quantitative estimate of drug-likeness (QED) is 0.318.